The SMILES string of the molecule is COc1ccc2nc(-c3ccccc3)cc(C(=O)Nc3ccc(NC(C)=O)cc3)c2c1. The first-order chi connectivity index (χ1) is 15.0. The minimum atomic E-state index is -0.259. The van der Waals surface area contributed by atoms with E-state index in [0.29, 0.717) is 39.3 Å². The fourth-order valence-corrected chi connectivity index (χ4v) is 3.32. The van der Waals surface area contributed by atoms with Gasteiger partial charge in [0.2, 0.25) is 5.91 Å². The first-order valence-corrected chi connectivity index (χ1v) is 9.77. The van der Waals surface area contributed by atoms with Crippen molar-refractivity contribution in [3.05, 3.63) is 84.4 Å². The van der Waals surface area contributed by atoms with E-state index < -0.39 is 0 Å². The Bertz CT molecular complexity index is 1250. The predicted molar refractivity (Wildman–Crippen MR) is 122 cm³/mol. The van der Waals surface area contributed by atoms with E-state index in [2.05, 4.69) is 10.6 Å². The number of methoxy groups -OCH3 is 1. The highest BCUT2D eigenvalue weighted by atomic mass is 16.5. The number of pyridine rings is 1. The van der Waals surface area contributed by atoms with E-state index in [9.17, 15) is 9.59 Å². The van der Waals surface area contributed by atoms with Crippen LogP contribution in [-0.2, 0) is 4.79 Å². The van der Waals surface area contributed by atoms with E-state index in [1.165, 1.54) is 6.92 Å². The van der Waals surface area contributed by atoms with Gasteiger partial charge in [-0.3, -0.25) is 9.59 Å². The molecular formula is C25H21N3O3. The number of nitrogens with zero attached hydrogens (tertiary/aromatic N) is 1. The molecule has 0 atom stereocenters. The number of ether oxygens (including phenoxy) is 1. The summed E-state index contributed by atoms with van der Waals surface area (Å²) >= 11 is 0. The largest absolute Gasteiger partial charge is 0.497 e. The summed E-state index contributed by atoms with van der Waals surface area (Å²) in [7, 11) is 1.59. The molecule has 31 heavy (non-hydrogen) atoms. The van der Waals surface area contributed by atoms with Crippen LogP contribution in [0.25, 0.3) is 22.2 Å². The van der Waals surface area contributed by atoms with Crippen LogP contribution in [0.4, 0.5) is 11.4 Å². The molecule has 0 unspecified atom stereocenters. The Labute approximate surface area is 179 Å². The summed E-state index contributed by atoms with van der Waals surface area (Å²) in [5.74, 6) is 0.239. The van der Waals surface area contributed by atoms with Gasteiger partial charge in [0.15, 0.2) is 0 Å². The minimum absolute atomic E-state index is 0.151. The maximum atomic E-state index is 13.2. The smallest absolute Gasteiger partial charge is 0.256 e. The molecule has 0 fully saturated rings. The van der Waals surface area contributed by atoms with Crippen LogP contribution in [0.15, 0.2) is 78.9 Å². The topological polar surface area (TPSA) is 80.3 Å². The Morgan fingerprint density at radius 3 is 2.16 bits per heavy atom. The summed E-state index contributed by atoms with van der Waals surface area (Å²) in [5, 5.41) is 6.33. The second kappa shape index (κ2) is 8.67. The standard InChI is InChI=1S/C25H21N3O3/c1-16(29)26-18-8-10-19(11-9-18)27-25(30)22-15-24(17-6-4-3-5-7-17)28-23-13-12-20(31-2)14-21(22)23/h3-15H,1-2H3,(H,26,29)(H,27,30). The zero-order valence-corrected chi connectivity index (χ0v) is 17.2. The third-order valence-corrected chi connectivity index (χ3v) is 4.79. The van der Waals surface area contributed by atoms with Crippen molar-refractivity contribution in [2.24, 2.45) is 0 Å². The number of hydrogen-bond acceptors (Lipinski definition) is 4. The Hall–Kier alpha value is -4.19. The van der Waals surface area contributed by atoms with E-state index in [0.717, 1.165) is 5.56 Å². The van der Waals surface area contributed by atoms with Crippen molar-refractivity contribution in [2.75, 3.05) is 17.7 Å². The zero-order valence-electron chi connectivity index (χ0n) is 17.2. The highest BCUT2D eigenvalue weighted by Crippen LogP contribution is 2.28. The average Bonchev–Trinajstić information content (AvgIpc) is 2.79. The van der Waals surface area contributed by atoms with Gasteiger partial charge in [0.1, 0.15) is 5.75 Å². The van der Waals surface area contributed by atoms with Crippen LogP contribution in [0, 0.1) is 0 Å². The van der Waals surface area contributed by atoms with Crippen molar-refractivity contribution < 1.29 is 14.3 Å². The average molecular weight is 411 g/mol. The van der Waals surface area contributed by atoms with Crippen LogP contribution in [0.3, 0.4) is 0 Å². The number of carbonyl (C=O) groups is 2. The molecule has 0 saturated heterocycles. The normalized spacial score (nSPS) is 10.5. The fraction of sp³-hybridized carbons (Fsp3) is 0.0800. The number of aromatic nitrogens is 1. The van der Waals surface area contributed by atoms with Gasteiger partial charge in [-0.15, -0.1) is 0 Å². The van der Waals surface area contributed by atoms with Crippen molar-refractivity contribution in [3.8, 4) is 17.0 Å². The highest BCUT2D eigenvalue weighted by molar-refractivity contribution is 6.13. The number of nitrogens with one attached hydrogen (secondary N) is 2. The summed E-state index contributed by atoms with van der Waals surface area (Å²) < 4.78 is 5.34. The maximum Gasteiger partial charge on any atom is 0.256 e. The lowest BCUT2D eigenvalue weighted by atomic mass is 10.0. The molecule has 0 aliphatic rings. The summed E-state index contributed by atoms with van der Waals surface area (Å²) in [6.07, 6.45) is 0. The van der Waals surface area contributed by atoms with Crippen molar-refractivity contribution in [3.63, 3.8) is 0 Å². The lowest BCUT2D eigenvalue weighted by molar-refractivity contribution is -0.114. The molecule has 154 valence electrons. The van der Waals surface area contributed by atoms with E-state index >= 15 is 0 Å². The number of amides is 2. The fourth-order valence-electron chi connectivity index (χ4n) is 3.32. The first-order valence-electron chi connectivity index (χ1n) is 9.77. The third-order valence-electron chi connectivity index (χ3n) is 4.79. The molecule has 4 aromatic rings. The highest BCUT2D eigenvalue weighted by Gasteiger charge is 2.15. The van der Waals surface area contributed by atoms with Crippen LogP contribution >= 0.6 is 0 Å². The van der Waals surface area contributed by atoms with Crippen molar-refractivity contribution in [1.82, 2.24) is 4.98 Å². The number of fused-ring (bicyclic) bond motifs is 1. The molecule has 1 aromatic heterocycles. The number of hydrogen-bond donors (Lipinski definition) is 2. The molecule has 0 aliphatic carbocycles. The first kappa shape index (κ1) is 20.1. The van der Waals surface area contributed by atoms with E-state index in [-0.39, 0.29) is 11.8 Å². The van der Waals surface area contributed by atoms with Crippen LogP contribution in [-0.4, -0.2) is 23.9 Å². The molecule has 6 nitrogen and oxygen atoms in total. The Morgan fingerprint density at radius 2 is 1.52 bits per heavy atom. The molecule has 4 rings (SSSR count). The van der Waals surface area contributed by atoms with Crippen LogP contribution in [0.1, 0.15) is 17.3 Å². The van der Waals surface area contributed by atoms with Crippen molar-refractivity contribution in [1.29, 1.82) is 0 Å². The van der Waals surface area contributed by atoms with Gasteiger partial charge in [0, 0.05) is 29.2 Å². The van der Waals surface area contributed by atoms with Gasteiger partial charge in [-0.2, -0.15) is 0 Å². The lowest BCUT2D eigenvalue weighted by Gasteiger charge is -2.12. The predicted octanol–water partition coefficient (Wildman–Crippen LogP) is 5.12. The van der Waals surface area contributed by atoms with Gasteiger partial charge in [-0.1, -0.05) is 30.3 Å². The third kappa shape index (κ3) is 4.53. The van der Waals surface area contributed by atoms with Crippen molar-refractivity contribution >= 4 is 34.1 Å². The van der Waals surface area contributed by atoms with E-state index in [1.54, 1.807) is 37.4 Å². The molecule has 1 heterocycles. The molecule has 0 aliphatic heterocycles. The van der Waals surface area contributed by atoms with Gasteiger partial charge in [-0.05, 0) is 48.5 Å². The second-order valence-corrected chi connectivity index (χ2v) is 7.02. The zero-order chi connectivity index (χ0) is 21.8. The molecule has 3 aromatic carbocycles. The van der Waals surface area contributed by atoms with Crippen LogP contribution in [0.2, 0.25) is 0 Å². The number of anilines is 2. The Kier molecular flexibility index (Phi) is 5.62. The molecule has 0 bridgehead atoms. The van der Waals surface area contributed by atoms with E-state index in [4.69, 9.17) is 9.72 Å². The van der Waals surface area contributed by atoms with Gasteiger partial charge in [0.05, 0.1) is 23.9 Å². The Balaban J connectivity index is 1.73. The van der Waals surface area contributed by atoms with Crippen molar-refractivity contribution in [2.45, 2.75) is 6.92 Å². The molecule has 0 saturated carbocycles. The molecule has 2 amide bonds. The summed E-state index contributed by atoms with van der Waals surface area (Å²) in [4.78, 5) is 29.1. The monoisotopic (exact) mass is 411 g/mol. The Morgan fingerprint density at radius 1 is 0.839 bits per heavy atom. The lowest BCUT2D eigenvalue weighted by Crippen LogP contribution is -2.13. The molecular weight excluding hydrogens is 390 g/mol. The molecule has 0 radical (unpaired) electrons. The number of rotatable bonds is 5. The van der Waals surface area contributed by atoms with Crippen LogP contribution in [0.5, 0.6) is 5.75 Å². The van der Waals surface area contributed by atoms with Crippen LogP contribution < -0.4 is 15.4 Å². The van der Waals surface area contributed by atoms with Gasteiger partial charge < -0.3 is 15.4 Å². The van der Waals surface area contributed by atoms with E-state index in [1.807, 2.05) is 48.5 Å². The molecule has 0 spiro atoms. The maximum absolute atomic E-state index is 13.2. The number of benzene rings is 3. The van der Waals surface area contributed by atoms with Gasteiger partial charge in [0.25, 0.3) is 5.91 Å². The van der Waals surface area contributed by atoms with Gasteiger partial charge in [-0.25, -0.2) is 4.98 Å². The minimum Gasteiger partial charge on any atom is -0.497 e. The molecule has 6 heteroatoms. The second-order valence-electron chi connectivity index (χ2n) is 7.02. The summed E-state index contributed by atoms with van der Waals surface area (Å²) in [5.41, 5.74) is 4.12. The van der Waals surface area contributed by atoms with Gasteiger partial charge >= 0.3 is 0 Å². The molecule has 2 N–H and O–H groups in total. The quantitative estimate of drug-likeness (QED) is 0.478. The summed E-state index contributed by atoms with van der Waals surface area (Å²) in [6.45, 7) is 1.45. The summed E-state index contributed by atoms with van der Waals surface area (Å²) in [6, 6.07) is 24.0. The number of carbonyl (C=O) groups excluding carboxylic acids is 2.